The Morgan fingerprint density at radius 2 is 1.63 bits per heavy atom. The van der Waals surface area contributed by atoms with E-state index in [9.17, 15) is 4.79 Å². The second-order valence-electron chi connectivity index (χ2n) is 7.52. The number of benzene rings is 2. The SMILES string of the molecule is C=CCOC(=O)N1[C@H]2Cc3cc4c(cc3[C@@H]1Cc1cc(OC)c(OC)cc12)OCO4. The van der Waals surface area contributed by atoms with Crippen LogP contribution in [0.1, 0.15) is 34.3 Å². The Bertz CT molecular complexity index is 1030. The Balaban J connectivity index is 1.64. The third kappa shape index (κ3) is 2.76. The molecular weight excluding hydrogens is 386 g/mol. The molecule has 0 saturated heterocycles. The van der Waals surface area contributed by atoms with Crippen molar-refractivity contribution in [3.8, 4) is 23.0 Å². The van der Waals surface area contributed by atoms with E-state index >= 15 is 0 Å². The molecule has 156 valence electrons. The first-order chi connectivity index (χ1) is 14.6. The van der Waals surface area contributed by atoms with E-state index in [1.54, 1.807) is 20.3 Å². The molecule has 2 aromatic carbocycles. The Hall–Kier alpha value is -3.35. The molecule has 0 N–H and O–H groups in total. The first-order valence-electron chi connectivity index (χ1n) is 9.87. The predicted octanol–water partition coefficient (Wildman–Crippen LogP) is 3.95. The summed E-state index contributed by atoms with van der Waals surface area (Å²) in [5.74, 6) is 2.79. The second kappa shape index (κ2) is 7.16. The van der Waals surface area contributed by atoms with E-state index in [0.29, 0.717) is 30.1 Å². The van der Waals surface area contributed by atoms with Crippen LogP contribution in [0.2, 0.25) is 0 Å². The van der Waals surface area contributed by atoms with Gasteiger partial charge in [-0.2, -0.15) is 0 Å². The zero-order chi connectivity index (χ0) is 20.8. The molecule has 0 aliphatic carbocycles. The third-order valence-electron chi connectivity index (χ3n) is 6.03. The molecule has 0 spiro atoms. The Morgan fingerprint density at radius 3 is 2.30 bits per heavy atom. The van der Waals surface area contributed by atoms with Gasteiger partial charge in [0, 0.05) is 0 Å². The lowest BCUT2D eigenvalue weighted by molar-refractivity contribution is 0.0593. The van der Waals surface area contributed by atoms with Gasteiger partial charge in [-0.1, -0.05) is 12.7 Å². The first-order valence-corrected chi connectivity index (χ1v) is 9.87. The summed E-state index contributed by atoms with van der Waals surface area (Å²) in [7, 11) is 3.24. The van der Waals surface area contributed by atoms with Crippen LogP contribution in [0.4, 0.5) is 4.79 Å². The van der Waals surface area contributed by atoms with Crippen molar-refractivity contribution in [1.82, 2.24) is 4.90 Å². The number of methoxy groups -OCH3 is 2. The summed E-state index contributed by atoms with van der Waals surface area (Å²) in [6.07, 6.45) is 2.51. The van der Waals surface area contributed by atoms with Crippen LogP contribution in [-0.2, 0) is 17.6 Å². The van der Waals surface area contributed by atoms with Crippen molar-refractivity contribution < 1.29 is 28.5 Å². The van der Waals surface area contributed by atoms with E-state index in [0.717, 1.165) is 28.0 Å². The van der Waals surface area contributed by atoms with Crippen LogP contribution in [0.5, 0.6) is 23.0 Å². The number of hydrogen-bond acceptors (Lipinski definition) is 6. The quantitative estimate of drug-likeness (QED) is 0.713. The lowest BCUT2D eigenvalue weighted by Crippen LogP contribution is -2.46. The van der Waals surface area contributed by atoms with Crippen molar-refractivity contribution in [3.05, 3.63) is 59.2 Å². The van der Waals surface area contributed by atoms with Crippen LogP contribution >= 0.6 is 0 Å². The van der Waals surface area contributed by atoms with Crippen molar-refractivity contribution >= 4 is 6.09 Å². The van der Waals surface area contributed by atoms with Crippen molar-refractivity contribution in [2.24, 2.45) is 0 Å². The van der Waals surface area contributed by atoms with Crippen LogP contribution < -0.4 is 18.9 Å². The van der Waals surface area contributed by atoms with Crippen LogP contribution in [0, 0.1) is 0 Å². The van der Waals surface area contributed by atoms with E-state index < -0.39 is 0 Å². The molecule has 30 heavy (non-hydrogen) atoms. The Labute approximate surface area is 174 Å². The van der Waals surface area contributed by atoms with Crippen LogP contribution in [0.25, 0.3) is 0 Å². The maximum atomic E-state index is 13.0. The van der Waals surface area contributed by atoms with Gasteiger partial charge in [0.1, 0.15) is 6.61 Å². The molecule has 2 bridgehead atoms. The number of amides is 1. The highest BCUT2D eigenvalue weighted by atomic mass is 16.7. The molecule has 0 aromatic heterocycles. The lowest BCUT2D eigenvalue weighted by Gasteiger charge is -2.47. The second-order valence-corrected chi connectivity index (χ2v) is 7.52. The maximum Gasteiger partial charge on any atom is 0.411 e. The molecule has 3 heterocycles. The fraction of sp³-hybridized carbons (Fsp3) is 0.348. The summed E-state index contributed by atoms with van der Waals surface area (Å²) >= 11 is 0. The average Bonchev–Trinajstić information content (AvgIpc) is 3.22. The summed E-state index contributed by atoms with van der Waals surface area (Å²) < 4.78 is 27.6. The summed E-state index contributed by atoms with van der Waals surface area (Å²) in [5, 5.41) is 0. The molecule has 7 heteroatoms. The van der Waals surface area contributed by atoms with Gasteiger partial charge >= 0.3 is 6.09 Å². The van der Waals surface area contributed by atoms with Gasteiger partial charge in [-0.15, -0.1) is 0 Å². The minimum absolute atomic E-state index is 0.168. The lowest BCUT2D eigenvalue weighted by atomic mass is 9.76. The van der Waals surface area contributed by atoms with Crippen molar-refractivity contribution in [1.29, 1.82) is 0 Å². The third-order valence-corrected chi connectivity index (χ3v) is 6.03. The number of ether oxygens (including phenoxy) is 5. The van der Waals surface area contributed by atoms with E-state index in [4.69, 9.17) is 23.7 Å². The molecule has 0 saturated carbocycles. The molecule has 7 nitrogen and oxygen atoms in total. The molecule has 1 amide bonds. The molecule has 3 aliphatic rings. The highest BCUT2D eigenvalue weighted by molar-refractivity contribution is 5.72. The normalized spacial score (nSPS) is 20.1. The van der Waals surface area contributed by atoms with Crippen LogP contribution in [0.15, 0.2) is 36.9 Å². The molecular formula is C23H23NO6. The Kier molecular flexibility index (Phi) is 4.46. The van der Waals surface area contributed by atoms with Gasteiger partial charge in [-0.3, -0.25) is 4.90 Å². The molecule has 2 atom stereocenters. The van der Waals surface area contributed by atoms with Crippen molar-refractivity contribution in [2.75, 3.05) is 27.6 Å². The largest absolute Gasteiger partial charge is 0.493 e. The van der Waals surface area contributed by atoms with Gasteiger partial charge in [0.05, 0.1) is 26.3 Å². The minimum Gasteiger partial charge on any atom is -0.493 e. The predicted molar refractivity (Wildman–Crippen MR) is 108 cm³/mol. The maximum absolute atomic E-state index is 13.0. The van der Waals surface area contributed by atoms with E-state index in [-0.39, 0.29) is 31.6 Å². The fourth-order valence-corrected chi connectivity index (χ4v) is 4.72. The number of carbonyl (C=O) groups excluding carboxylic acids is 1. The Morgan fingerprint density at radius 1 is 1.03 bits per heavy atom. The molecule has 0 unspecified atom stereocenters. The van der Waals surface area contributed by atoms with Gasteiger partial charge < -0.3 is 23.7 Å². The average molecular weight is 409 g/mol. The van der Waals surface area contributed by atoms with Gasteiger partial charge in [-0.05, 0) is 59.4 Å². The zero-order valence-electron chi connectivity index (χ0n) is 17.0. The molecule has 2 aromatic rings. The van der Waals surface area contributed by atoms with E-state index in [1.165, 1.54) is 0 Å². The number of rotatable bonds is 4. The summed E-state index contributed by atoms with van der Waals surface area (Å²) in [6, 6.07) is 7.67. The van der Waals surface area contributed by atoms with Gasteiger partial charge in [0.2, 0.25) is 6.79 Å². The van der Waals surface area contributed by atoms with Crippen molar-refractivity contribution in [3.63, 3.8) is 0 Å². The number of nitrogens with zero attached hydrogens (tertiary/aromatic N) is 1. The van der Waals surface area contributed by atoms with E-state index in [1.807, 2.05) is 29.2 Å². The van der Waals surface area contributed by atoms with Crippen LogP contribution in [-0.4, -0.2) is 38.6 Å². The summed E-state index contributed by atoms with van der Waals surface area (Å²) in [6.45, 7) is 4.03. The fourth-order valence-electron chi connectivity index (χ4n) is 4.72. The van der Waals surface area contributed by atoms with Crippen molar-refractivity contribution in [2.45, 2.75) is 24.9 Å². The monoisotopic (exact) mass is 409 g/mol. The molecule has 0 radical (unpaired) electrons. The topological polar surface area (TPSA) is 66.5 Å². The summed E-state index contributed by atoms with van der Waals surface area (Å²) in [5.41, 5.74) is 4.40. The summed E-state index contributed by atoms with van der Waals surface area (Å²) in [4.78, 5) is 14.9. The highest BCUT2D eigenvalue weighted by Gasteiger charge is 2.45. The molecule has 5 rings (SSSR count). The minimum atomic E-state index is -0.353. The van der Waals surface area contributed by atoms with Gasteiger partial charge in [0.15, 0.2) is 23.0 Å². The molecule has 0 fully saturated rings. The van der Waals surface area contributed by atoms with Crippen LogP contribution in [0.3, 0.4) is 0 Å². The smallest absolute Gasteiger partial charge is 0.411 e. The van der Waals surface area contributed by atoms with E-state index in [2.05, 4.69) is 6.58 Å². The zero-order valence-corrected chi connectivity index (χ0v) is 17.0. The van der Waals surface area contributed by atoms with Gasteiger partial charge in [-0.25, -0.2) is 4.79 Å². The standard InChI is InChI=1S/C23H23NO6/c1-4-5-28-23(25)24-17-7-14-9-21-22(30-12-29-21)11-16(14)18(24)6-13-8-19(26-2)20(27-3)10-15(13)17/h4,8-11,17-18H,1,5-7,12H2,2-3H3/t17-,18-/m0/s1. The first kappa shape index (κ1) is 18.7. The highest BCUT2D eigenvalue weighted by Crippen LogP contribution is 2.52. The molecule has 3 aliphatic heterocycles. The number of fused-ring (bicyclic) bond motifs is 7. The number of hydrogen-bond donors (Lipinski definition) is 0. The number of carbonyl (C=O) groups is 1. The van der Waals surface area contributed by atoms with Gasteiger partial charge in [0.25, 0.3) is 0 Å².